The number of benzene rings is 1. The van der Waals surface area contributed by atoms with Crippen molar-refractivity contribution >= 4 is 57.9 Å². The maximum absolute atomic E-state index is 12.1. The molecule has 0 saturated carbocycles. The molecule has 2 rings (SSSR count). The molecule has 1 aromatic carbocycles. The molecule has 0 unspecified atom stereocenters. The Morgan fingerprint density at radius 2 is 2.10 bits per heavy atom. The van der Waals surface area contributed by atoms with Gasteiger partial charge in [-0.2, -0.15) is 0 Å². The van der Waals surface area contributed by atoms with Crippen molar-refractivity contribution in [1.82, 2.24) is 4.90 Å². The Labute approximate surface area is 142 Å². The summed E-state index contributed by atoms with van der Waals surface area (Å²) in [5, 5.41) is 0.570. The van der Waals surface area contributed by atoms with Crippen molar-refractivity contribution in [1.29, 1.82) is 0 Å². The maximum atomic E-state index is 12.1. The third-order valence-electron chi connectivity index (χ3n) is 2.79. The van der Waals surface area contributed by atoms with Crippen LogP contribution in [0.3, 0.4) is 0 Å². The second-order valence-corrected chi connectivity index (χ2v) is 7.59. The molecule has 0 spiro atoms. The number of carbonyl (C=O) groups excluding carboxylic acids is 1. The first-order chi connectivity index (χ1) is 9.97. The summed E-state index contributed by atoms with van der Waals surface area (Å²) in [7, 11) is 1.77. The average molecular weight is 361 g/mol. The normalized spacial score (nSPS) is 10.6. The number of hydrogen-bond acceptors (Lipinski definition) is 4. The number of halogens is 2. The number of nitrogens with two attached hydrogens (primary N) is 1. The van der Waals surface area contributed by atoms with Crippen molar-refractivity contribution in [2.45, 2.75) is 11.4 Å². The third kappa shape index (κ3) is 4.54. The molecule has 0 fully saturated rings. The van der Waals surface area contributed by atoms with E-state index in [2.05, 4.69) is 0 Å². The summed E-state index contributed by atoms with van der Waals surface area (Å²) in [5.41, 5.74) is 6.46. The third-order valence-corrected chi connectivity index (χ3v) is 5.56. The van der Waals surface area contributed by atoms with Gasteiger partial charge in [0.1, 0.15) is 0 Å². The maximum Gasteiger partial charge on any atom is 0.233 e. The summed E-state index contributed by atoms with van der Waals surface area (Å²) >= 11 is 14.8. The summed E-state index contributed by atoms with van der Waals surface area (Å²) in [6.45, 7) is 0.550. The number of thiophene rings is 1. The lowest BCUT2D eigenvalue weighted by molar-refractivity contribution is -0.127. The number of amides is 1. The molecule has 0 aliphatic carbocycles. The predicted molar refractivity (Wildman–Crippen MR) is 92.4 cm³/mol. The average Bonchev–Trinajstić information content (AvgIpc) is 2.83. The summed E-state index contributed by atoms with van der Waals surface area (Å²) in [4.78, 5) is 15.6. The fourth-order valence-corrected chi connectivity index (χ4v) is 4.10. The molecule has 112 valence electrons. The van der Waals surface area contributed by atoms with Crippen LogP contribution in [0.1, 0.15) is 4.88 Å². The molecule has 3 nitrogen and oxygen atoms in total. The second-order valence-electron chi connectivity index (χ2n) is 4.40. The summed E-state index contributed by atoms with van der Waals surface area (Å²) < 4.78 is 0.726. The molecule has 0 aliphatic heterocycles. The van der Waals surface area contributed by atoms with Gasteiger partial charge in [-0.25, -0.2) is 0 Å². The molecule has 0 radical (unpaired) electrons. The van der Waals surface area contributed by atoms with E-state index in [9.17, 15) is 4.79 Å². The van der Waals surface area contributed by atoms with Crippen molar-refractivity contribution in [2.24, 2.45) is 0 Å². The fourth-order valence-electron chi connectivity index (χ4n) is 1.68. The molecular formula is C14H14Cl2N2OS2. The van der Waals surface area contributed by atoms with Gasteiger partial charge < -0.3 is 10.6 Å². The predicted octanol–water partition coefficient (Wildman–Crippen LogP) is 4.39. The summed E-state index contributed by atoms with van der Waals surface area (Å²) in [5.74, 6) is 0.313. The van der Waals surface area contributed by atoms with E-state index in [0.717, 1.165) is 14.1 Å². The van der Waals surface area contributed by atoms with E-state index >= 15 is 0 Å². The van der Waals surface area contributed by atoms with Gasteiger partial charge in [0.15, 0.2) is 0 Å². The van der Waals surface area contributed by atoms with E-state index in [4.69, 9.17) is 28.9 Å². The summed E-state index contributed by atoms with van der Waals surface area (Å²) in [6.07, 6.45) is 0. The minimum atomic E-state index is 0.0174. The Hall–Kier alpha value is -0.880. The first-order valence-electron chi connectivity index (χ1n) is 6.12. The van der Waals surface area contributed by atoms with Crippen molar-refractivity contribution in [3.63, 3.8) is 0 Å². The first kappa shape index (κ1) is 16.5. The molecule has 7 heteroatoms. The number of carbonyl (C=O) groups is 1. The van der Waals surface area contributed by atoms with Crippen LogP contribution in [-0.4, -0.2) is 23.6 Å². The molecule has 0 aliphatic rings. The van der Waals surface area contributed by atoms with Gasteiger partial charge in [0, 0.05) is 22.5 Å². The standard InChI is InChI=1S/C14H14Cl2N2OS2/c1-18(7-9-5-6-12(16)21-9)13(19)8-20-14-10(15)3-2-4-11(14)17/h2-6H,7-8,17H2,1H3. The molecule has 0 atom stereocenters. The van der Waals surface area contributed by atoms with E-state index in [1.165, 1.54) is 23.1 Å². The second kappa shape index (κ2) is 7.40. The van der Waals surface area contributed by atoms with Gasteiger partial charge in [-0.15, -0.1) is 23.1 Å². The van der Waals surface area contributed by atoms with Crippen LogP contribution >= 0.6 is 46.3 Å². The number of thioether (sulfide) groups is 1. The van der Waals surface area contributed by atoms with Crippen molar-refractivity contribution in [3.05, 3.63) is 44.6 Å². The molecule has 21 heavy (non-hydrogen) atoms. The lowest BCUT2D eigenvalue weighted by Gasteiger charge is -2.16. The minimum absolute atomic E-state index is 0.0174. The van der Waals surface area contributed by atoms with Gasteiger partial charge in [0.25, 0.3) is 0 Å². The van der Waals surface area contributed by atoms with Crippen LogP contribution in [0, 0.1) is 0 Å². The van der Waals surface area contributed by atoms with Crippen LogP contribution in [0.2, 0.25) is 9.36 Å². The van der Waals surface area contributed by atoms with Crippen molar-refractivity contribution in [2.75, 3.05) is 18.5 Å². The Bertz CT molecular complexity index is 625. The van der Waals surface area contributed by atoms with Gasteiger partial charge in [-0.05, 0) is 24.3 Å². The van der Waals surface area contributed by atoms with Crippen LogP contribution in [0.25, 0.3) is 0 Å². The fraction of sp³-hybridized carbons (Fsp3) is 0.214. The molecular weight excluding hydrogens is 347 g/mol. The van der Waals surface area contributed by atoms with Crippen LogP contribution in [-0.2, 0) is 11.3 Å². The Kier molecular flexibility index (Phi) is 5.81. The van der Waals surface area contributed by atoms with E-state index in [1.807, 2.05) is 12.1 Å². The molecule has 2 N–H and O–H groups in total. The van der Waals surface area contributed by atoms with Crippen LogP contribution in [0.4, 0.5) is 5.69 Å². The summed E-state index contributed by atoms with van der Waals surface area (Å²) in [6, 6.07) is 9.09. The van der Waals surface area contributed by atoms with E-state index < -0.39 is 0 Å². The van der Waals surface area contributed by atoms with E-state index in [1.54, 1.807) is 30.1 Å². The smallest absolute Gasteiger partial charge is 0.233 e. The molecule has 1 aromatic heterocycles. The Balaban J connectivity index is 1.92. The van der Waals surface area contributed by atoms with Gasteiger partial charge in [0.2, 0.25) is 5.91 Å². The first-order valence-corrected chi connectivity index (χ1v) is 8.68. The molecule has 0 saturated heterocycles. The van der Waals surface area contributed by atoms with Gasteiger partial charge in [0.05, 0.1) is 21.7 Å². The highest BCUT2D eigenvalue weighted by Crippen LogP contribution is 2.32. The quantitative estimate of drug-likeness (QED) is 0.635. The van der Waals surface area contributed by atoms with Crippen molar-refractivity contribution < 1.29 is 4.79 Å². The Morgan fingerprint density at radius 1 is 1.33 bits per heavy atom. The van der Waals surface area contributed by atoms with Crippen molar-refractivity contribution in [3.8, 4) is 0 Å². The highest BCUT2D eigenvalue weighted by atomic mass is 35.5. The number of nitrogens with zero attached hydrogens (tertiary/aromatic N) is 1. The number of anilines is 1. The number of rotatable bonds is 5. The van der Waals surface area contributed by atoms with Gasteiger partial charge in [-0.1, -0.05) is 29.3 Å². The highest BCUT2D eigenvalue weighted by Gasteiger charge is 2.13. The van der Waals surface area contributed by atoms with E-state index in [0.29, 0.717) is 23.0 Å². The lowest BCUT2D eigenvalue weighted by atomic mass is 10.3. The zero-order chi connectivity index (χ0) is 15.4. The molecule has 1 heterocycles. The number of nitrogen functional groups attached to an aromatic ring is 1. The Morgan fingerprint density at radius 3 is 2.71 bits per heavy atom. The molecule has 0 bridgehead atoms. The van der Waals surface area contributed by atoms with E-state index in [-0.39, 0.29) is 5.91 Å². The molecule has 1 amide bonds. The van der Waals surface area contributed by atoms with Gasteiger partial charge >= 0.3 is 0 Å². The monoisotopic (exact) mass is 360 g/mol. The largest absolute Gasteiger partial charge is 0.398 e. The van der Waals surface area contributed by atoms with Gasteiger partial charge in [-0.3, -0.25) is 4.79 Å². The highest BCUT2D eigenvalue weighted by molar-refractivity contribution is 8.00. The topological polar surface area (TPSA) is 46.3 Å². The minimum Gasteiger partial charge on any atom is -0.398 e. The molecule has 2 aromatic rings. The van der Waals surface area contributed by atoms with Crippen LogP contribution < -0.4 is 5.73 Å². The van der Waals surface area contributed by atoms with Crippen LogP contribution in [0.5, 0.6) is 0 Å². The lowest BCUT2D eigenvalue weighted by Crippen LogP contribution is -2.27. The zero-order valence-corrected chi connectivity index (χ0v) is 14.5. The van der Waals surface area contributed by atoms with Crippen LogP contribution in [0.15, 0.2) is 35.2 Å². The SMILES string of the molecule is CN(Cc1ccc(Cl)s1)C(=O)CSc1c(N)cccc1Cl. The number of hydrogen-bond donors (Lipinski definition) is 1. The zero-order valence-electron chi connectivity index (χ0n) is 11.3.